The van der Waals surface area contributed by atoms with Crippen molar-refractivity contribution in [2.75, 3.05) is 13.2 Å². The molecule has 0 heterocycles. The first-order valence-electron chi connectivity index (χ1n) is 7.47. The molecule has 1 atom stereocenters. The van der Waals surface area contributed by atoms with Crippen LogP contribution in [0.4, 0.5) is 4.39 Å². The molecule has 0 unspecified atom stereocenters. The van der Waals surface area contributed by atoms with Crippen LogP contribution in [0.25, 0.3) is 0 Å². The molecule has 3 nitrogen and oxygen atoms in total. The molecule has 1 amide bonds. The molecule has 0 aliphatic rings. The summed E-state index contributed by atoms with van der Waals surface area (Å²) in [7, 11) is 0. The standard InChI is InChI=1S/C18H19BrFNO2/c1-13(14-6-3-2-4-7-14)23-11-5-10-21-18(22)16-9-8-15(19)12-17(16)20/h2-4,6-9,12-13H,5,10-11H2,1H3,(H,21,22)/t13-/m0/s1. The molecule has 122 valence electrons. The van der Waals surface area contributed by atoms with Crippen molar-refractivity contribution in [3.63, 3.8) is 0 Å². The molecule has 1 N–H and O–H groups in total. The topological polar surface area (TPSA) is 38.3 Å². The number of hydrogen-bond acceptors (Lipinski definition) is 2. The van der Waals surface area contributed by atoms with E-state index in [9.17, 15) is 9.18 Å². The van der Waals surface area contributed by atoms with Crippen LogP contribution in [0.2, 0.25) is 0 Å². The van der Waals surface area contributed by atoms with E-state index in [2.05, 4.69) is 21.2 Å². The van der Waals surface area contributed by atoms with Crippen molar-refractivity contribution in [2.45, 2.75) is 19.4 Å². The van der Waals surface area contributed by atoms with Gasteiger partial charge in [-0.25, -0.2) is 4.39 Å². The van der Waals surface area contributed by atoms with E-state index in [1.54, 1.807) is 6.07 Å². The summed E-state index contributed by atoms with van der Waals surface area (Å²) in [5.41, 5.74) is 1.17. The molecule has 0 saturated heterocycles. The number of carbonyl (C=O) groups is 1. The Labute approximate surface area is 144 Å². The number of benzene rings is 2. The minimum absolute atomic E-state index is 0.0100. The smallest absolute Gasteiger partial charge is 0.254 e. The first-order valence-corrected chi connectivity index (χ1v) is 8.27. The molecular weight excluding hydrogens is 361 g/mol. The van der Waals surface area contributed by atoms with Crippen molar-refractivity contribution in [1.82, 2.24) is 5.32 Å². The second kappa shape index (κ2) is 8.79. The Kier molecular flexibility index (Phi) is 6.74. The normalized spacial score (nSPS) is 12.0. The van der Waals surface area contributed by atoms with Crippen LogP contribution in [0.3, 0.4) is 0 Å². The number of halogens is 2. The van der Waals surface area contributed by atoms with Crippen molar-refractivity contribution >= 4 is 21.8 Å². The van der Waals surface area contributed by atoms with E-state index in [4.69, 9.17) is 4.74 Å². The molecule has 2 aromatic rings. The van der Waals surface area contributed by atoms with Crippen LogP contribution < -0.4 is 5.32 Å². The maximum Gasteiger partial charge on any atom is 0.254 e. The van der Waals surface area contributed by atoms with Gasteiger partial charge in [-0.3, -0.25) is 4.79 Å². The number of amides is 1. The van der Waals surface area contributed by atoms with E-state index in [1.807, 2.05) is 37.3 Å². The molecule has 0 spiro atoms. The predicted octanol–water partition coefficient (Wildman–Crippen LogP) is 4.49. The third kappa shape index (κ3) is 5.44. The van der Waals surface area contributed by atoms with Gasteiger partial charge < -0.3 is 10.1 Å². The van der Waals surface area contributed by atoms with Gasteiger partial charge in [0, 0.05) is 17.6 Å². The van der Waals surface area contributed by atoms with E-state index < -0.39 is 11.7 Å². The molecular formula is C18H19BrFNO2. The molecule has 0 aliphatic heterocycles. The van der Waals surface area contributed by atoms with E-state index >= 15 is 0 Å². The summed E-state index contributed by atoms with van der Waals surface area (Å²) in [6, 6.07) is 14.3. The molecule has 0 radical (unpaired) electrons. The highest BCUT2D eigenvalue weighted by molar-refractivity contribution is 9.10. The molecule has 23 heavy (non-hydrogen) atoms. The highest BCUT2D eigenvalue weighted by atomic mass is 79.9. The average Bonchev–Trinajstić information content (AvgIpc) is 2.55. The van der Waals surface area contributed by atoms with Crippen LogP contribution >= 0.6 is 15.9 Å². The highest BCUT2D eigenvalue weighted by Gasteiger charge is 2.11. The second-order valence-corrected chi connectivity index (χ2v) is 6.07. The maximum atomic E-state index is 13.7. The molecule has 0 aliphatic carbocycles. The minimum atomic E-state index is -0.536. The number of nitrogens with one attached hydrogen (secondary N) is 1. The molecule has 0 bridgehead atoms. The summed E-state index contributed by atoms with van der Waals surface area (Å²) >= 11 is 3.16. The zero-order valence-electron chi connectivity index (χ0n) is 12.9. The van der Waals surface area contributed by atoms with Crippen molar-refractivity contribution in [1.29, 1.82) is 0 Å². The van der Waals surface area contributed by atoms with Gasteiger partial charge in [-0.05, 0) is 37.1 Å². The highest BCUT2D eigenvalue weighted by Crippen LogP contribution is 2.16. The zero-order chi connectivity index (χ0) is 16.7. The maximum absolute atomic E-state index is 13.7. The predicted molar refractivity (Wildman–Crippen MR) is 91.9 cm³/mol. The van der Waals surface area contributed by atoms with E-state index in [0.29, 0.717) is 24.0 Å². The Morgan fingerprint density at radius 2 is 2.00 bits per heavy atom. The second-order valence-electron chi connectivity index (χ2n) is 5.16. The van der Waals surface area contributed by atoms with Crippen molar-refractivity contribution in [3.05, 3.63) is 69.9 Å². The largest absolute Gasteiger partial charge is 0.374 e. The molecule has 0 fully saturated rings. The Morgan fingerprint density at radius 1 is 1.26 bits per heavy atom. The van der Waals surface area contributed by atoms with E-state index in [-0.39, 0.29) is 11.7 Å². The summed E-state index contributed by atoms with van der Waals surface area (Å²) in [5, 5.41) is 2.70. The van der Waals surface area contributed by atoms with Gasteiger partial charge in [-0.1, -0.05) is 46.3 Å². The first kappa shape index (κ1) is 17.6. The Hall–Kier alpha value is -1.72. The Balaban J connectivity index is 1.70. The van der Waals surface area contributed by atoms with Crippen LogP contribution in [0, 0.1) is 5.82 Å². The fraction of sp³-hybridized carbons (Fsp3) is 0.278. The van der Waals surface area contributed by atoms with Crippen LogP contribution in [0.15, 0.2) is 53.0 Å². The Morgan fingerprint density at radius 3 is 2.70 bits per heavy atom. The monoisotopic (exact) mass is 379 g/mol. The molecule has 0 saturated carbocycles. The van der Waals surface area contributed by atoms with Crippen LogP contribution in [0.1, 0.15) is 35.4 Å². The van der Waals surface area contributed by atoms with Crippen molar-refractivity contribution < 1.29 is 13.9 Å². The molecule has 5 heteroatoms. The molecule has 0 aromatic heterocycles. The van der Waals surface area contributed by atoms with E-state index in [0.717, 1.165) is 5.56 Å². The third-order valence-electron chi connectivity index (χ3n) is 3.42. The summed E-state index contributed by atoms with van der Waals surface area (Å²) in [5.74, 6) is -0.947. The van der Waals surface area contributed by atoms with Crippen molar-refractivity contribution in [2.24, 2.45) is 0 Å². The van der Waals surface area contributed by atoms with Crippen LogP contribution in [-0.2, 0) is 4.74 Å². The van der Waals surface area contributed by atoms with Gasteiger partial charge in [0.25, 0.3) is 5.91 Å². The van der Waals surface area contributed by atoms with E-state index in [1.165, 1.54) is 12.1 Å². The fourth-order valence-corrected chi connectivity index (χ4v) is 2.46. The lowest BCUT2D eigenvalue weighted by Gasteiger charge is -2.13. The lowest BCUT2D eigenvalue weighted by atomic mass is 10.1. The Bertz CT molecular complexity index is 649. The first-order chi connectivity index (χ1) is 11.1. The number of ether oxygens (including phenoxy) is 1. The minimum Gasteiger partial charge on any atom is -0.374 e. The third-order valence-corrected chi connectivity index (χ3v) is 3.91. The van der Waals surface area contributed by atoms with Crippen LogP contribution in [-0.4, -0.2) is 19.1 Å². The zero-order valence-corrected chi connectivity index (χ0v) is 14.5. The van der Waals surface area contributed by atoms with Gasteiger partial charge in [0.2, 0.25) is 0 Å². The van der Waals surface area contributed by atoms with Gasteiger partial charge in [-0.2, -0.15) is 0 Å². The van der Waals surface area contributed by atoms with Crippen molar-refractivity contribution in [3.8, 4) is 0 Å². The molecule has 2 aromatic carbocycles. The van der Waals surface area contributed by atoms with Gasteiger partial charge in [0.1, 0.15) is 5.82 Å². The van der Waals surface area contributed by atoms with Gasteiger partial charge >= 0.3 is 0 Å². The molecule has 2 rings (SSSR count). The summed E-state index contributed by atoms with van der Waals surface area (Å²) in [4.78, 5) is 11.9. The van der Waals surface area contributed by atoms with Gasteiger partial charge in [0.05, 0.1) is 11.7 Å². The number of hydrogen-bond donors (Lipinski definition) is 1. The fourth-order valence-electron chi connectivity index (χ4n) is 2.12. The van der Waals surface area contributed by atoms with Crippen LogP contribution in [0.5, 0.6) is 0 Å². The lowest BCUT2D eigenvalue weighted by Crippen LogP contribution is -2.26. The number of carbonyl (C=O) groups excluding carboxylic acids is 1. The summed E-state index contributed by atoms with van der Waals surface area (Å²) in [6.45, 7) is 2.96. The van der Waals surface area contributed by atoms with Gasteiger partial charge in [0.15, 0.2) is 0 Å². The quantitative estimate of drug-likeness (QED) is 0.719. The SMILES string of the molecule is C[C@H](OCCCNC(=O)c1ccc(Br)cc1F)c1ccccc1. The lowest BCUT2D eigenvalue weighted by molar-refractivity contribution is 0.0634. The van der Waals surface area contributed by atoms with Gasteiger partial charge in [-0.15, -0.1) is 0 Å². The summed E-state index contributed by atoms with van der Waals surface area (Å²) < 4.78 is 20.0. The number of rotatable bonds is 7. The average molecular weight is 380 g/mol. The summed E-state index contributed by atoms with van der Waals surface area (Å²) in [6.07, 6.45) is 0.678.